The molecule has 0 spiro atoms. The van der Waals surface area contributed by atoms with Gasteiger partial charge in [0.05, 0.1) is 4.87 Å². The maximum Gasteiger partial charge on any atom is 0.187 e. The summed E-state index contributed by atoms with van der Waals surface area (Å²) in [4.78, 5) is -0.420. The SMILES string of the molecule is CCCCCCCCC(Cl)(CCCCCCCC)C(CCCCCCCC)(OC)OCC. The predicted octanol–water partition coefficient (Wildman–Crippen LogP) is 10.6. The van der Waals surface area contributed by atoms with Crippen molar-refractivity contribution < 1.29 is 9.47 Å². The third-order valence-corrected chi connectivity index (χ3v) is 7.77. The van der Waals surface area contributed by atoms with Gasteiger partial charge in [-0.2, -0.15) is 0 Å². The lowest BCUT2D eigenvalue weighted by atomic mass is 9.83. The number of hydrogen-bond acceptors (Lipinski definition) is 2. The van der Waals surface area contributed by atoms with Crippen molar-refractivity contribution in [2.75, 3.05) is 13.7 Å². The van der Waals surface area contributed by atoms with Gasteiger partial charge in [0.25, 0.3) is 0 Å². The summed E-state index contributed by atoms with van der Waals surface area (Å²) in [5.74, 6) is -0.652. The number of methoxy groups -OCH3 is 1. The number of alkyl halides is 1. The van der Waals surface area contributed by atoms with Gasteiger partial charge in [0.1, 0.15) is 0 Å². The largest absolute Gasteiger partial charge is 0.351 e. The fourth-order valence-corrected chi connectivity index (χ4v) is 5.51. The topological polar surface area (TPSA) is 18.5 Å². The van der Waals surface area contributed by atoms with Gasteiger partial charge >= 0.3 is 0 Å². The van der Waals surface area contributed by atoms with Gasteiger partial charge in [-0.05, 0) is 26.2 Å². The summed E-state index contributed by atoms with van der Waals surface area (Å²) in [6.07, 6.45) is 26.1. The first-order valence-corrected chi connectivity index (χ1v) is 14.8. The molecule has 0 aliphatic rings. The molecule has 0 aliphatic heterocycles. The molecule has 0 bridgehead atoms. The second-order valence-electron chi connectivity index (χ2n) is 9.91. The Labute approximate surface area is 207 Å². The molecule has 0 N–H and O–H groups in total. The standard InChI is InChI=1S/C29H59ClO2/c1-6-10-13-16-19-22-25-28(30,26-23-20-17-14-11-7-2)29(31-5,32-9-4)27-24-21-18-15-12-8-3/h6-27H2,1-5H3. The van der Waals surface area contributed by atoms with Crippen molar-refractivity contribution in [2.45, 2.75) is 173 Å². The van der Waals surface area contributed by atoms with E-state index in [9.17, 15) is 0 Å². The molecule has 0 fully saturated rings. The van der Waals surface area contributed by atoms with Gasteiger partial charge in [-0.25, -0.2) is 0 Å². The third kappa shape index (κ3) is 13.8. The second kappa shape index (κ2) is 21.7. The molecular weight excluding hydrogens is 416 g/mol. The van der Waals surface area contributed by atoms with Crippen molar-refractivity contribution in [1.29, 1.82) is 0 Å². The molecule has 32 heavy (non-hydrogen) atoms. The van der Waals surface area contributed by atoms with Gasteiger partial charge < -0.3 is 9.47 Å². The summed E-state index contributed by atoms with van der Waals surface area (Å²) in [5.41, 5.74) is 0. The van der Waals surface area contributed by atoms with Gasteiger partial charge in [-0.3, -0.25) is 0 Å². The minimum Gasteiger partial charge on any atom is -0.351 e. The van der Waals surface area contributed by atoms with Crippen LogP contribution in [0, 0.1) is 0 Å². The zero-order valence-corrected chi connectivity index (χ0v) is 23.5. The van der Waals surface area contributed by atoms with Crippen LogP contribution in [0.2, 0.25) is 0 Å². The zero-order chi connectivity index (χ0) is 24.0. The first-order chi connectivity index (χ1) is 15.6. The lowest BCUT2D eigenvalue weighted by Crippen LogP contribution is -2.54. The van der Waals surface area contributed by atoms with Crippen molar-refractivity contribution in [3.63, 3.8) is 0 Å². The summed E-state index contributed by atoms with van der Waals surface area (Å²) in [6, 6.07) is 0. The quantitative estimate of drug-likeness (QED) is 0.0743. The molecule has 1 unspecified atom stereocenters. The average molecular weight is 475 g/mol. The van der Waals surface area contributed by atoms with E-state index in [4.69, 9.17) is 21.1 Å². The van der Waals surface area contributed by atoms with E-state index in [1.807, 2.05) is 7.11 Å². The minimum atomic E-state index is -0.652. The molecule has 0 heterocycles. The molecule has 2 nitrogen and oxygen atoms in total. The highest BCUT2D eigenvalue weighted by Gasteiger charge is 2.50. The second-order valence-corrected chi connectivity index (χ2v) is 10.6. The van der Waals surface area contributed by atoms with E-state index in [2.05, 4.69) is 27.7 Å². The Hall–Kier alpha value is 0.210. The zero-order valence-electron chi connectivity index (χ0n) is 22.8. The Balaban J connectivity index is 5.05. The number of hydrogen-bond donors (Lipinski definition) is 0. The number of rotatable bonds is 25. The van der Waals surface area contributed by atoms with Gasteiger partial charge in [0, 0.05) is 20.1 Å². The van der Waals surface area contributed by atoms with E-state index in [0.29, 0.717) is 6.61 Å². The highest BCUT2D eigenvalue weighted by molar-refractivity contribution is 6.24. The fourth-order valence-electron chi connectivity index (χ4n) is 5.02. The molecular formula is C29H59ClO2. The van der Waals surface area contributed by atoms with Crippen LogP contribution in [0.25, 0.3) is 0 Å². The van der Waals surface area contributed by atoms with Crippen LogP contribution in [-0.2, 0) is 9.47 Å². The Morgan fingerprint density at radius 2 is 0.844 bits per heavy atom. The van der Waals surface area contributed by atoms with Crippen LogP contribution >= 0.6 is 11.6 Å². The van der Waals surface area contributed by atoms with Crippen LogP contribution in [0.15, 0.2) is 0 Å². The normalized spacial score (nSPS) is 14.1. The molecule has 0 saturated carbocycles. The van der Waals surface area contributed by atoms with E-state index in [-0.39, 0.29) is 0 Å². The van der Waals surface area contributed by atoms with Crippen LogP contribution in [0.1, 0.15) is 163 Å². The van der Waals surface area contributed by atoms with Crippen molar-refractivity contribution in [2.24, 2.45) is 0 Å². The van der Waals surface area contributed by atoms with Crippen molar-refractivity contribution >= 4 is 11.6 Å². The van der Waals surface area contributed by atoms with E-state index in [1.54, 1.807) is 0 Å². The highest BCUT2D eigenvalue weighted by atomic mass is 35.5. The Bertz CT molecular complexity index is 371. The summed E-state index contributed by atoms with van der Waals surface area (Å²) in [6.45, 7) is 9.58. The van der Waals surface area contributed by atoms with E-state index < -0.39 is 10.7 Å². The molecule has 0 aromatic rings. The van der Waals surface area contributed by atoms with Crippen molar-refractivity contribution in [1.82, 2.24) is 0 Å². The smallest absolute Gasteiger partial charge is 0.187 e. The molecule has 0 rings (SSSR count). The molecule has 1 atom stereocenters. The summed E-state index contributed by atoms with van der Waals surface area (Å²) in [7, 11) is 1.83. The minimum absolute atomic E-state index is 0.420. The van der Waals surface area contributed by atoms with Crippen molar-refractivity contribution in [3.05, 3.63) is 0 Å². The van der Waals surface area contributed by atoms with E-state index >= 15 is 0 Å². The van der Waals surface area contributed by atoms with Gasteiger partial charge in [-0.1, -0.05) is 130 Å². The first kappa shape index (κ1) is 32.2. The molecule has 194 valence electrons. The Kier molecular flexibility index (Phi) is 21.9. The van der Waals surface area contributed by atoms with E-state index in [1.165, 1.54) is 109 Å². The molecule has 0 radical (unpaired) electrons. The van der Waals surface area contributed by atoms with Crippen molar-refractivity contribution in [3.8, 4) is 0 Å². The monoisotopic (exact) mass is 474 g/mol. The summed E-state index contributed by atoms with van der Waals surface area (Å²) in [5, 5.41) is 0. The number of ether oxygens (including phenoxy) is 2. The maximum atomic E-state index is 7.53. The lowest BCUT2D eigenvalue weighted by molar-refractivity contribution is -0.250. The number of unbranched alkanes of at least 4 members (excludes halogenated alkanes) is 15. The maximum absolute atomic E-state index is 7.53. The number of halogens is 1. The average Bonchev–Trinajstić information content (AvgIpc) is 2.80. The molecule has 0 amide bonds. The molecule has 0 aliphatic carbocycles. The lowest BCUT2D eigenvalue weighted by Gasteiger charge is -2.46. The Morgan fingerprint density at radius 1 is 0.500 bits per heavy atom. The van der Waals surface area contributed by atoms with Crippen LogP contribution in [0.5, 0.6) is 0 Å². The fraction of sp³-hybridized carbons (Fsp3) is 1.00. The predicted molar refractivity (Wildman–Crippen MR) is 144 cm³/mol. The van der Waals surface area contributed by atoms with Crippen LogP contribution in [0.3, 0.4) is 0 Å². The van der Waals surface area contributed by atoms with Crippen LogP contribution in [0.4, 0.5) is 0 Å². The van der Waals surface area contributed by atoms with Crippen LogP contribution < -0.4 is 0 Å². The highest BCUT2D eigenvalue weighted by Crippen LogP contribution is 2.45. The molecule has 0 aromatic heterocycles. The Morgan fingerprint density at radius 3 is 1.19 bits per heavy atom. The van der Waals surface area contributed by atoms with Crippen LogP contribution in [-0.4, -0.2) is 24.4 Å². The molecule has 0 aromatic carbocycles. The summed E-state index contributed by atoms with van der Waals surface area (Å²) >= 11 is 7.53. The van der Waals surface area contributed by atoms with Gasteiger partial charge in [-0.15, -0.1) is 11.6 Å². The first-order valence-electron chi connectivity index (χ1n) is 14.4. The molecule has 0 saturated heterocycles. The molecule has 3 heteroatoms. The van der Waals surface area contributed by atoms with Gasteiger partial charge in [0.2, 0.25) is 0 Å². The summed E-state index contributed by atoms with van der Waals surface area (Å²) < 4.78 is 12.6. The van der Waals surface area contributed by atoms with Gasteiger partial charge in [0.15, 0.2) is 5.79 Å². The third-order valence-electron chi connectivity index (χ3n) is 7.10. The van der Waals surface area contributed by atoms with E-state index in [0.717, 1.165) is 25.7 Å².